The van der Waals surface area contributed by atoms with E-state index in [-0.39, 0.29) is 0 Å². The number of halogens is 4. The van der Waals surface area contributed by atoms with Crippen molar-refractivity contribution in [1.29, 1.82) is 0 Å². The lowest BCUT2D eigenvalue weighted by Crippen LogP contribution is -2.44. The SMILES string of the molecule is CCCCCCCCCC(Cl)(Cl)C(Cl)(Cl)C(=O)OC. The highest BCUT2D eigenvalue weighted by atomic mass is 35.5. The largest absolute Gasteiger partial charge is 0.467 e. The molecular formula is C13H22Cl4O2. The first-order valence-electron chi connectivity index (χ1n) is 6.63. The van der Waals surface area contributed by atoms with Crippen molar-refractivity contribution in [1.82, 2.24) is 0 Å². The minimum atomic E-state index is -1.94. The molecule has 0 aliphatic rings. The average molecular weight is 352 g/mol. The first-order valence-corrected chi connectivity index (χ1v) is 8.14. The maximum Gasteiger partial charge on any atom is 0.345 e. The zero-order valence-electron chi connectivity index (χ0n) is 11.5. The van der Waals surface area contributed by atoms with E-state index < -0.39 is 14.6 Å². The first-order chi connectivity index (χ1) is 8.79. The number of alkyl halides is 4. The second-order valence-corrected chi connectivity index (χ2v) is 7.45. The van der Waals surface area contributed by atoms with Gasteiger partial charge in [0.2, 0.25) is 4.33 Å². The second kappa shape index (κ2) is 9.55. The lowest BCUT2D eigenvalue weighted by molar-refractivity contribution is -0.141. The smallest absolute Gasteiger partial charge is 0.345 e. The standard InChI is InChI=1S/C13H22Cl4O2/c1-3-4-5-6-7-8-9-10-12(14,15)13(16,17)11(18)19-2/h3-10H2,1-2H3. The van der Waals surface area contributed by atoms with Gasteiger partial charge in [-0.2, -0.15) is 0 Å². The Balaban J connectivity index is 4.00. The number of carbonyl (C=O) groups excluding carboxylic acids is 1. The van der Waals surface area contributed by atoms with Crippen LogP contribution < -0.4 is 0 Å². The van der Waals surface area contributed by atoms with Crippen molar-refractivity contribution in [2.45, 2.75) is 67.0 Å². The third kappa shape index (κ3) is 6.75. The fourth-order valence-electron chi connectivity index (χ4n) is 1.74. The third-order valence-electron chi connectivity index (χ3n) is 3.00. The summed E-state index contributed by atoms with van der Waals surface area (Å²) in [6, 6.07) is 0. The molecular weight excluding hydrogens is 330 g/mol. The fourth-order valence-corrected chi connectivity index (χ4v) is 2.50. The van der Waals surface area contributed by atoms with E-state index in [1.165, 1.54) is 32.8 Å². The molecule has 0 aliphatic carbocycles. The van der Waals surface area contributed by atoms with Crippen LogP contribution in [0.25, 0.3) is 0 Å². The van der Waals surface area contributed by atoms with E-state index in [1.54, 1.807) is 0 Å². The van der Waals surface area contributed by atoms with Crippen molar-refractivity contribution in [2.75, 3.05) is 7.11 Å². The fraction of sp³-hybridized carbons (Fsp3) is 0.923. The van der Waals surface area contributed by atoms with E-state index in [1.807, 2.05) is 0 Å². The van der Waals surface area contributed by atoms with Gasteiger partial charge < -0.3 is 4.74 Å². The van der Waals surface area contributed by atoms with Gasteiger partial charge in [-0.25, -0.2) is 4.79 Å². The summed E-state index contributed by atoms with van der Waals surface area (Å²) < 4.78 is 1.03. The molecule has 0 aromatic carbocycles. The molecule has 0 saturated heterocycles. The molecule has 0 saturated carbocycles. The van der Waals surface area contributed by atoms with E-state index in [0.717, 1.165) is 19.3 Å². The first kappa shape index (κ1) is 19.6. The van der Waals surface area contributed by atoms with E-state index in [4.69, 9.17) is 46.4 Å². The highest BCUT2D eigenvalue weighted by molar-refractivity contribution is 6.68. The molecule has 0 amide bonds. The Morgan fingerprint density at radius 1 is 0.947 bits per heavy atom. The number of methoxy groups -OCH3 is 1. The molecule has 0 aliphatic heterocycles. The molecule has 0 radical (unpaired) electrons. The van der Waals surface area contributed by atoms with Gasteiger partial charge in [0.05, 0.1) is 7.11 Å². The summed E-state index contributed by atoms with van der Waals surface area (Å²) >= 11 is 23.9. The summed E-state index contributed by atoms with van der Waals surface area (Å²) in [6.45, 7) is 2.18. The Morgan fingerprint density at radius 2 is 1.42 bits per heavy atom. The Bertz CT molecular complexity index is 267. The van der Waals surface area contributed by atoms with Gasteiger partial charge in [0.15, 0.2) is 4.33 Å². The van der Waals surface area contributed by atoms with Crippen LogP contribution in [0.4, 0.5) is 0 Å². The lowest BCUT2D eigenvalue weighted by atomic mass is 10.1. The normalized spacial score (nSPS) is 12.5. The van der Waals surface area contributed by atoms with Crippen molar-refractivity contribution >= 4 is 52.4 Å². The summed E-state index contributed by atoms with van der Waals surface area (Å²) in [5, 5.41) is 0. The molecule has 0 N–H and O–H groups in total. The highest BCUT2D eigenvalue weighted by Gasteiger charge is 2.53. The van der Waals surface area contributed by atoms with Crippen molar-refractivity contribution in [2.24, 2.45) is 0 Å². The van der Waals surface area contributed by atoms with Gasteiger partial charge in [0.25, 0.3) is 0 Å². The number of esters is 1. The molecule has 0 bridgehead atoms. The number of ether oxygens (including phenoxy) is 1. The molecule has 0 spiro atoms. The third-order valence-corrected chi connectivity index (χ3v) is 5.28. The minimum absolute atomic E-state index is 0.353. The van der Waals surface area contributed by atoms with Gasteiger partial charge in [-0.15, -0.1) is 0 Å². The number of carbonyl (C=O) groups is 1. The second-order valence-electron chi connectivity index (χ2n) is 4.64. The van der Waals surface area contributed by atoms with Gasteiger partial charge in [0.1, 0.15) is 0 Å². The molecule has 19 heavy (non-hydrogen) atoms. The predicted molar refractivity (Wildman–Crippen MR) is 83.5 cm³/mol. The molecule has 0 aromatic heterocycles. The molecule has 0 fully saturated rings. The molecule has 114 valence electrons. The van der Waals surface area contributed by atoms with Crippen molar-refractivity contribution in [3.8, 4) is 0 Å². The van der Waals surface area contributed by atoms with Gasteiger partial charge >= 0.3 is 5.97 Å². The Morgan fingerprint density at radius 3 is 1.89 bits per heavy atom. The number of unbranched alkanes of at least 4 members (excludes halogenated alkanes) is 6. The maximum absolute atomic E-state index is 11.4. The number of hydrogen-bond donors (Lipinski definition) is 0. The van der Waals surface area contributed by atoms with Crippen LogP contribution in [0.5, 0.6) is 0 Å². The summed E-state index contributed by atoms with van der Waals surface area (Å²) in [5.74, 6) is -0.830. The van der Waals surface area contributed by atoms with Crippen molar-refractivity contribution in [3.63, 3.8) is 0 Å². The van der Waals surface area contributed by atoms with E-state index in [2.05, 4.69) is 11.7 Å². The summed E-state index contributed by atoms with van der Waals surface area (Å²) in [5.41, 5.74) is 0. The average Bonchev–Trinajstić information content (AvgIpc) is 2.36. The zero-order chi connectivity index (χ0) is 14.9. The molecule has 0 aromatic rings. The van der Waals surface area contributed by atoms with Gasteiger partial charge in [-0.3, -0.25) is 0 Å². The van der Waals surface area contributed by atoms with Crippen LogP contribution in [0, 0.1) is 0 Å². The monoisotopic (exact) mass is 350 g/mol. The van der Waals surface area contributed by atoms with Crippen LogP contribution in [-0.4, -0.2) is 21.7 Å². The molecule has 0 heterocycles. The Hall–Kier alpha value is 0.630. The van der Waals surface area contributed by atoms with Gasteiger partial charge in [-0.05, 0) is 6.42 Å². The summed E-state index contributed by atoms with van der Waals surface area (Å²) in [6.07, 6.45) is 8.20. The highest BCUT2D eigenvalue weighted by Crippen LogP contribution is 2.46. The number of rotatable bonds is 10. The molecule has 0 unspecified atom stereocenters. The van der Waals surface area contributed by atoms with Crippen LogP contribution in [0.2, 0.25) is 0 Å². The van der Waals surface area contributed by atoms with Crippen LogP contribution >= 0.6 is 46.4 Å². The van der Waals surface area contributed by atoms with E-state index in [9.17, 15) is 4.79 Å². The molecule has 0 atom stereocenters. The summed E-state index contributed by atoms with van der Waals surface area (Å²) in [7, 11) is 1.19. The van der Waals surface area contributed by atoms with Crippen molar-refractivity contribution < 1.29 is 9.53 Å². The van der Waals surface area contributed by atoms with Crippen LogP contribution in [0.3, 0.4) is 0 Å². The summed E-state index contributed by atoms with van der Waals surface area (Å²) in [4.78, 5) is 11.4. The van der Waals surface area contributed by atoms with Crippen LogP contribution in [0.1, 0.15) is 58.3 Å². The zero-order valence-corrected chi connectivity index (χ0v) is 14.5. The van der Waals surface area contributed by atoms with Crippen LogP contribution in [0.15, 0.2) is 0 Å². The quantitative estimate of drug-likeness (QED) is 0.289. The van der Waals surface area contributed by atoms with Crippen LogP contribution in [-0.2, 0) is 9.53 Å². The van der Waals surface area contributed by atoms with E-state index in [0.29, 0.717) is 6.42 Å². The molecule has 0 rings (SSSR count). The Labute approximate surface area is 136 Å². The van der Waals surface area contributed by atoms with Gasteiger partial charge in [0, 0.05) is 0 Å². The molecule has 2 nitrogen and oxygen atoms in total. The van der Waals surface area contributed by atoms with Crippen molar-refractivity contribution in [3.05, 3.63) is 0 Å². The number of hydrogen-bond acceptors (Lipinski definition) is 2. The van der Waals surface area contributed by atoms with Gasteiger partial charge in [-0.1, -0.05) is 98.3 Å². The van der Waals surface area contributed by atoms with E-state index >= 15 is 0 Å². The lowest BCUT2D eigenvalue weighted by Gasteiger charge is -2.30. The maximum atomic E-state index is 11.4. The topological polar surface area (TPSA) is 26.3 Å². The predicted octanol–water partition coefficient (Wildman–Crippen LogP) is 5.65. The minimum Gasteiger partial charge on any atom is -0.467 e. The Kier molecular flexibility index (Phi) is 9.86. The molecule has 6 heteroatoms.